The van der Waals surface area contributed by atoms with Gasteiger partial charge in [-0.15, -0.1) is 0 Å². The van der Waals surface area contributed by atoms with Crippen LogP contribution >= 0.6 is 0 Å². The van der Waals surface area contributed by atoms with Gasteiger partial charge in [0.1, 0.15) is 0 Å². The van der Waals surface area contributed by atoms with Gasteiger partial charge in [-0.3, -0.25) is 19.7 Å². The van der Waals surface area contributed by atoms with Crippen molar-refractivity contribution < 1.29 is 24.0 Å². The van der Waals surface area contributed by atoms with E-state index in [0.717, 1.165) is 35.4 Å². The molecule has 0 bridgehead atoms. The molecule has 4 aromatic rings. The van der Waals surface area contributed by atoms with Crippen LogP contribution in [0.5, 0.6) is 5.75 Å². The van der Waals surface area contributed by atoms with E-state index in [4.69, 9.17) is 21.0 Å². The summed E-state index contributed by atoms with van der Waals surface area (Å²) in [4.78, 5) is 31.5. The van der Waals surface area contributed by atoms with E-state index < -0.39 is 28.2 Å². The number of primary amides is 2. The number of hydrogen-bond acceptors (Lipinski definition) is 7. The Balaban J connectivity index is 0.000000248. The van der Waals surface area contributed by atoms with Crippen LogP contribution in [0.15, 0.2) is 89.5 Å². The number of carbonyl (C=O) groups excluding carboxylic acids is 2. The number of para-hydroxylation sites is 1. The number of phenolic OH excluding ortho intramolecular Hbond substituents is 1. The predicted molar refractivity (Wildman–Crippen MR) is 139 cm³/mol. The normalized spacial score (nSPS) is 11.1. The van der Waals surface area contributed by atoms with Gasteiger partial charge in [-0.05, 0) is 47.9 Å². The van der Waals surface area contributed by atoms with Crippen LogP contribution in [0.1, 0.15) is 45.9 Å². The minimum Gasteiger partial charge on any atom is -0.502 e. The first kappa shape index (κ1) is 26.5. The molecule has 0 aliphatic rings. The van der Waals surface area contributed by atoms with Gasteiger partial charge in [0, 0.05) is 22.9 Å². The molecule has 0 fully saturated rings. The fourth-order valence-corrected chi connectivity index (χ4v) is 3.60. The summed E-state index contributed by atoms with van der Waals surface area (Å²) in [5, 5.41) is 22.8. The zero-order valence-corrected chi connectivity index (χ0v) is 20.0. The van der Waals surface area contributed by atoms with Gasteiger partial charge in [0.25, 0.3) is 5.91 Å². The standard InChI is InChI=1S/C20H20N2O2.C7H6N2O4/c1-2-18(22-16-6-4-3-5-7-16)15-10-8-14(9-11-15)17-12-13-24-19(17)20(21)23;8-7(11)4-1-2-6(10)5(3-4)9(12)13/h3-13,18,22H,2H2,1H3,(H2,21,23);1-3,10H,(H2,8,11). The van der Waals surface area contributed by atoms with Gasteiger partial charge in [0.15, 0.2) is 11.5 Å². The lowest BCUT2D eigenvalue weighted by molar-refractivity contribution is -0.385. The summed E-state index contributed by atoms with van der Waals surface area (Å²) < 4.78 is 5.17. The average Bonchev–Trinajstić information content (AvgIpc) is 3.39. The molecule has 1 heterocycles. The minimum absolute atomic E-state index is 0.00972. The number of anilines is 1. The summed E-state index contributed by atoms with van der Waals surface area (Å²) in [5.74, 6) is -1.63. The number of hydrogen-bond donors (Lipinski definition) is 4. The molecule has 10 nitrogen and oxygen atoms in total. The van der Waals surface area contributed by atoms with Crippen LogP contribution in [0.4, 0.5) is 11.4 Å². The molecule has 0 aliphatic carbocycles. The van der Waals surface area contributed by atoms with Crippen LogP contribution in [-0.4, -0.2) is 21.8 Å². The summed E-state index contributed by atoms with van der Waals surface area (Å²) in [7, 11) is 0. The lowest BCUT2D eigenvalue weighted by Gasteiger charge is -2.19. The van der Waals surface area contributed by atoms with Gasteiger partial charge < -0.3 is 26.3 Å². The third-order valence-corrected chi connectivity index (χ3v) is 5.49. The maximum Gasteiger partial charge on any atom is 0.311 e. The van der Waals surface area contributed by atoms with Crippen molar-refractivity contribution in [1.29, 1.82) is 0 Å². The maximum absolute atomic E-state index is 11.4. The summed E-state index contributed by atoms with van der Waals surface area (Å²) >= 11 is 0. The van der Waals surface area contributed by atoms with Crippen molar-refractivity contribution in [2.75, 3.05) is 5.32 Å². The Morgan fingerprint density at radius 1 is 1.00 bits per heavy atom. The number of furan rings is 1. The number of nitrogens with one attached hydrogen (secondary N) is 1. The molecule has 6 N–H and O–H groups in total. The van der Waals surface area contributed by atoms with Gasteiger partial charge in [0.2, 0.25) is 5.91 Å². The van der Waals surface area contributed by atoms with E-state index in [2.05, 4.69) is 36.5 Å². The molecule has 0 aliphatic heterocycles. The van der Waals surface area contributed by atoms with Crippen LogP contribution < -0.4 is 16.8 Å². The Kier molecular flexibility index (Phi) is 8.61. The van der Waals surface area contributed by atoms with Crippen molar-refractivity contribution in [3.05, 3.63) is 112 Å². The second-order valence-electron chi connectivity index (χ2n) is 7.95. The fourth-order valence-electron chi connectivity index (χ4n) is 3.60. The average molecular weight is 503 g/mol. The van der Waals surface area contributed by atoms with Crippen LogP contribution in [0.25, 0.3) is 11.1 Å². The van der Waals surface area contributed by atoms with E-state index >= 15 is 0 Å². The van der Waals surface area contributed by atoms with Gasteiger partial charge in [0.05, 0.1) is 17.2 Å². The highest BCUT2D eigenvalue weighted by atomic mass is 16.6. The smallest absolute Gasteiger partial charge is 0.311 e. The molecule has 4 rings (SSSR count). The molecule has 0 spiro atoms. The molecule has 0 saturated heterocycles. The second kappa shape index (κ2) is 12.0. The third-order valence-electron chi connectivity index (χ3n) is 5.49. The van der Waals surface area contributed by atoms with Crippen molar-refractivity contribution in [2.45, 2.75) is 19.4 Å². The number of benzene rings is 3. The zero-order chi connectivity index (χ0) is 26.9. The Morgan fingerprint density at radius 3 is 2.24 bits per heavy atom. The van der Waals surface area contributed by atoms with Crippen LogP contribution in [0.3, 0.4) is 0 Å². The topological polar surface area (TPSA) is 175 Å². The van der Waals surface area contributed by atoms with Crippen molar-refractivity contribution in [2.24, 2.45) is 11.5 Å². The zero-order valence-electron chi connectivity index (χ0n) is 20.0. The van der Waals surface area contributed by atoms with E-state index in [1.807, 2.05) is 30.3 Å². The first-order valence-corrected chi connectivity index (χ1v) is 11.3. The molecular formula is C27H26N4O6. The van der Waals surface area contributed by atoms with E-state index in [1.54, 1.807) is 6.07 Å². The Morgan fingerprint density at radius 2 is 1.68 bits per heavy atom. The lowest BCUT2D eigenvalue weighted by atomic mass is 9.99. The lowest BCUT2D eigenvalue weighted by Crippen LogP contribution is -2.11. The van der Waals surface area contributed by atoms with Gasteiger partial charge in [-0.25, -0.2) is 0 Å². The largest absolute Gasteiger partial charge is 0.502 e. The molecule has 1 atom stereocenters. The molecule has 1 unspecified atom stereocenters. The van der Waals surface area contributed by atoms with E-state index in [9.17, 15) is 19.7 Å². The molecule has 2 amide bonds. The number of nitro benzene ring substituents is 1. The molecule has 1 aromatic heterocycles. The molecule has 3 aromatic carbocycles. The van der Waals surface area contributed by atoms with Crippen LogP contribution in [-0.2, 0) is 0 Å². The second-order valence-corrected chi connectivity index (χ2v) is 7.95. The van der Waals surface area contributed by atoms with Crippen molar-refractivity contribution >= 4 is 23.2 Å². The van der Waals surface area contributed by atoms with Crippen LogP contribution in [0.2, 0.25) is 0 Å². The van der Waals surface area contributed by atoms with Gasteiger partial charge in [-0.2, -0.15) is 0 Å². The van der Waals surface area contributed by atoms with Crippen molar-refractivity contribution in [3.8, 4) is 16.9 Å². The summed E-state index contributed by atoms with van der Waals surface area (Å²) in [5.41, 5.74) is 13.6. The van der Waals surface area contributed by atoms with E-state index in [0.29, 0.717) is 0 Å². The molecule has 10 heteroatoms. The highest BCUT2D eigenvalue weighted by molar-refractivity contribution is 5.97. The monoisotopic (exact) mass is 502 g/mol. The number of phenols is 1. The molecule has 190 valence electrons. The SMILES string of the molecule is CCC(Nc1ccccc1)c1ccc(-c2ccoc2C(N)=O)cc1.NC(=O)c1ccc(O)c([N+](=O)[O-])c1. The molecular weight excluding hydrogens is 476 g/mol. The first-order chi connectivity index (χ1) is 17.7. The highest BCUT2D eigenvalue weighted by Crippen LogP contribution is 2.28. The first-order valence-electron chi connectivity index (χ1n) is 11.3. The van der Waals surface area contributed by atoms with Gasteiger partial charge in [-0.1, -0.05) is 49.4 Å². The van der Waals surface area contributed by atoms with Gasteiger partial charge >= 0.3 is 5.69 Å². The quantitative estimate of drug-likeness (QED) is 0.193. The van der Waals surface area contributed by atoms with Crippen molar-refractivity contribution in [3.63, 3.8) is 0 Å². The number of aromatic hydroxyl groups is 1. The summed E-state index contributed by atoms with van der Waals surface area (Å²) in [6.07, 6.45) is 2.45. The Labute approximate surface area is 212 Å². The van der Waals surface area contributed by atoms with Crippen molar-refractivity contribution in [1.82, 2.24) is 0 Å². The third kappa shape index (κ3) is 6.73. The van der Waals surface area contributed by atoms with E-state index in [-0.39, 0.29) is 17.4 Å². The highest BCUT2D eigenvalue weighted by Gasteiger charge is 2.16. The Bertz CT molecular complexity index is 1380. The van der Waals surface area contributed by atoms with E-state index in [1.165, 1.54) is 17.9 Å². The number of carbonyl (C=O) groups is 2. The van der Waals surface area contributed by atoms with Crippen LogP contribution in [0, 0.1) is 10.1 Å². The fraction of sp³-hybridized carbons (Fsp3) is 0.111. The number of amides is 2. The molecule has 0 saturated carbocycles. The predicted octanol–water partition coefficient (Wildman–Crippen LogP) is 5.01. The number of nitrogens with zero attached hydrogens (tertiary/aromatic N) is 1. The maximum atomic E-state index is 11.4. The molecule has 37 heavy (non-hydrogen) atoms. The summed E-state index contributed by atoms with van der Waals surface area (Å²) in [6, 6.07) is 23.4. The number of nitrogens with two attached hydrogens (primary N) is 2. The minimum atomic E-state index is -0.790. The summed E-state index contributed by atoms with van der Waals surface area (Å²) in [6.45, 7) is 2.15. The Hall–Kier alpha value is -5.12. The number of nitro groups is 1. The molecule has 0 radical (unpaired) electrons. The number of rotatable bonds is 8.